The first-order chi connectivity index (χ1) is 9.13. The normalized spacial score (nSPS) is 22.3. The van der Waals surface area contributed by atoms with Gasteiger partial charge in [-0.15, -0.1) is 11.3 Å². The number of rotatable bonds is 2. The summed E-state index contributed by atoms with van der Waals surface area (Å²) in [6.07, 6.45) is 2.04. The van der Waals surface area contributed by atoms with Crippen molar-refractivity contribution >= 4 is 22.9 Å². The fraction of sp³-hybridized carbons (Fsp3) is 0.375. The second kappa shape index (κ2) is 4.93. The van der Waals surface area contributed by atoms with E-state index in [1.54, 1.807) is 0 Å². The van der Waals surface area contributed by atoms with Gasteiger partial charge < -0.3 is 4.74 Å². The molecule has 0 saturated carbocycles. The van der Waals surface area contributed by atoms with Crippen molar-refractivity contribution in [3.05, 3.63) is 56.2 Å². The van der Waals surface area contributed by atoms with Gasteiger partial charge in [-0.2, -0.15) is 0 Å². The lowest BCUT2D eigenvalue weighted by Gasteiger charge is -2.36. The summed E-state index contributed by atoms with van der Waals surface area (Å²) in [6, 6.07) is 8.42. The van der Waals surface area contributed by atoms with Crippen LogP contribution in [0.5, 0.6) is 0 Å². The lowest BCUT2D eigenvalue weighted by Crippen LogP contribution is -2.33. The standard InChI is InChI=1S/C16H17ClOS/c1-3-14-8-12(10-19-14)16(2)15-9-13(17)5-4-11(15)6-7-18-16/h4-5,8-10H,3,6-7H2,1-2H3. The number of benzene rings is 1. The van der Waals surface area contributed by atoms with Gasteiger partial charge in [-0.1, -0.05) is 24.6 Å². The van der Waals surface area contributed by atoms with Gasteiger partial charge in [0.25, 0.3) is 0 Å². The van der Waals surface area contributed by atoms with E-state index in [0.717, 1.165) is 24.5 Å². The van der Waals surface area contributed by atoms with E-state index in [9.17, 15) is 0 Å². The van der Waals surface area contributed by atoms with Gasteiger partial charge in [0, 0.05) is 9.90 Å². The van der Waals surface area contributed by atoms with Crippen molar-refractivity contribution in [1.82, 2.24) is 0 Å². The topological polar surface area (TPSA) is 9.23 Å². The second-order valence-corrected chi connectivity index (χ2v) is 6.52. The molecule has 1 aromatic carbocycles. The minimum atomic E-state index is -0.359. The largest absolute Gasteiger partial charge is 0.365 e. The first-order valence-electron chi connectivity index (χ1n) is 6.64. The van der Waals surface area contributed by atoms with Crippen LogP contribution in [0.15, 0.2) is 29.6 Å². The monoisotopic (exact) mass is 292 g/mol. The summed E-state index contributed by atoms with van der Waals surface area (Å²) < 4.78 is 6.14. The van der Waals surface area contributed by atoms with Gasteiger partial charge in [0.05, 0.1) is 6.61 Å². The maximum absolute atomic E-state index is 6.17. The Hall–Kier alpha value is -0.830. The van der Waals surface area contributed by atoms with Gasteiger partial charge in [-0.05, 0) is 60.0 Å². The van der Waals surface area contributed by atoms with Crippen LogP contribution in [0.2, 0.25) is 5.02 Å². The van der Waals surface area contributed by atoms with Crippen LogP contribution in [0.3, 0.4) is 0 Å². The molecule has 0 saturated heterocycles. The van der Waals surface area contributed by atoms with Gasteiger partial charge >= 0.3 is 0 Å². The third-order valence-electron chi connectivity index (χ3n) is 3.90. The van der Waals surface area contributed by atoms with Crippen LogP contribution in [0.25, 0.3) is 0 Å². The number of halogens is 1. The lowest BCUT2D eigenvalue weighted by atomic mass is 9.83. The molecule has 2 aromatic rings. The molecule has 0 radical (unpaired) electrons. The molecule has 1 atom stereocenters. The average Bonchev–Trinajstić information content (AvgIpc) is 2.89. The summed E-state index contributed by atoms with van der Waals surface area (Å²) >= 11 is 7.98. The number of hydrogen-bond acceptors (Lipinski definition) is 2. The fourth-order valence-corrected chi connectivity index (χ4v) is 3.81. The predicted octanol–water partition coefficient (Wildman–Crippen LogP) is 4.80. The van der Waals surface area contributed by atoms with Gasteiger partial charge in [-0.3, -0.25) is 0 Å². The van der Waals surface area contributed by atoms with Gasteiger partial charge in [0.2, 0.25) is 0 Å². The Balaban J connectivity index is 2.12. The van der Waals surface area contributed by atoms with Crippen molar-refractivity contribution in [3.8, 4) is 0 Å². The Labute approximate surface area is 123 Å². The molecule has 3 heteroatoms. The zero-order valence-corrected chi connectivity index (χ0v) is 12.8. The zero-order valence-electron chi connectivity index (χ0n) is 11.2. The van der Waals surface area contributed by atoms with Crippen molar-refractivity contribution in [2.24, 2.45) is 0 Å². The third kappa shape index (κ3) is 2.22. The highest BCUT2D eigenvalue weighted by atomic mass is 35.5. The van der Waals surface area contributed by atoms with Crippen LogP contribution in [-0.4, -0.2) is 6.61 Å². The molecular weight excluding hydrogens is 276 g/mol. The molecule has 0 bridgehead atoms. The number of hydrogen-bond donors (Lipinski definition) is 0. The fourth-order valence-electron chi connectivity index (χ4n) is 2.71. The van der Waals surface area contributed by atoms with Crippen LogP contribution in [-0.2, 0) is 23.2 Å². The lowest BCUT2D eigenvalue weighted by molar-refractivity contribution is -0.0138. The first kappa shape index (κ1) is 13.2. The van der Waals surface area contributed by atoms with E-state index in [4.69, 9.17) is 16.3 Å². The number of aryl methyl sites for hydroxylation is 1. The van der Waals surface area contributed by atoms with Crippen molar-refractivity contribution in [2.75, 3.05) is 6.61 Å². The van der Waals surface area contributed by atoms with Gasteiger partial charge in [0.1, 0.15) is 5.60 Å². The minimum Gasteiger partial charge on any atom is -0.365 e. The quantitative estimate of drug-likeness (QED) is 0.772. The Morgan fingerprint density at radius 2 is 2.21 bits per heavy atom. The predicted molar refractivity (Wildman–Crippen MR) is 81.3 cm³/mol. The summed E-state index contributed by atoms with van der Waals surface area (Å²) in [5.41, 5.74) is 3.45. The smallest absolute Gasteiger partial charge is 0.116 e. The number of thiophene rings is 1. The van der Waals surface area contributed by atoms with E-state index in [1.807, 2.05) is 17.4 Å². The molecular formula is C16H17ClOS. The summed E-state index contributed by atoms with van der Waals surface area (Å²) in [4.78, 5) is 1.40. The van der Waals surface area contributed by atoms with Crippen molar-refractivity contribution in [3.63, 3.8) is 0 Å². The molecule has 0 fully saturated rings. The van der Waals surface area contributed by atoms with Crippen LogP contribution < -0.4 is 0 Å². The molecule has 1 aromatic heterocycles. The number of ether oxygens (including phenoxy) is 1. The van der Waals surface area contributed by atoms with Crippen LogP contribution in [0.4, 0.5) is 0 Å². The third-order valence-corrected chi connectivity index (χ3v) is 5.22. The summed E-state index contributed by atoms with van der Waals surface area (Å²) in [7, 11) is 0. The molecule has 0 N–H and O–H groups in total. The van der Waals surface area contributed by atoms with Crippen LogP contribution >= 0.6 is 22.9 Å². The Kier molecular flexibility index (Phi) is 3.42. The summed E-state index contributed by atoms with van der Waals surface area (Å²) in [5, 5.41) is 3.00. The molecule has 19 heavy (non-hydrogen) atoms. The molecule has 0 amide bonds. The molecule has 1 nitrogen and oxygen atoms in total. The van der Waals surface area contributed by atoms with E-state index >= 15 is 0 Å². The number of fused-ring (bicyclic) bond motifs is 1. The molecule has 0 aliphatic carbocycles. The molecule has 100 valence electrons. The van der Waals surface area contributed by atoms with Gasteiger partial charge in [-0.25, -0.2) is 0 Å². The highest BCUT2D eigenvalue weighted by molar-refractivity contribution is 7.10. The SMILES string of the molecule is CCc1cc(C2(C)OCCc3ccc(Cl)cc32)cs1. The molecule has 0 spiro atoms. The first-order valence-corrected chi connectivity index (χ1v) is 7.90. The summed E-state index contributed by atoms with van der Waals surface area (Å²) in [6.45, 7) is 5.11. The molecule has 1 aliphatic rings. The molecule has 1 unspecified atom stereocenters. The Bertz CT molecular complexity index is 605. The zero-order chi connectivity index (χ0) is 13.5. The van der Waals surface area contributed by atoms with Gasteiger partial charge in [0.15, 0.2) is 0 Å². The highest BCUT2D eigenvalue weighted by Crippen LogP contribution is 2.41. The second-order valence-electron chi connectivity index (χ2n) is 5.09. The summed E-state index contributed by atoms with van der Waals surface area (Å²) in [5.74, 6) is 0. The average molecular weight is 293 g/mol. The minimum absolute atomic E-state index is 0.359. The Morgan fingerprint density at radius 1 is 1.37 bits per heavy atom. The van der Waals surface area contributed by atoms with Crippen molar-refractivity contribution in [2.45, 2.75) is 32.3 Å². The molecule has 3 rings (SSSR count). The van der Waals surface area contributed by atoms with E-state index in [0.29, 0.717) is 0 Å². The maximum atomic E-state index is 6.17. The molecule has 2 heterocycles. The van der Waals surface area contributed by atoms with Crippen molar-refractivity contribution < 1.29 is 4.74 Å². The van der Waals surface area contributed by atoms with E-state index in [2.05, 4.69) is 37.4 Å². The van der Waals surface area contributed by atoms with E-state index in [1.165, 1.54) is 21.6 Å². The Morgan fingerprint density at radius 3 is 2.95 bits per heavy atom. The van der Waals surface area contributed by atoms with Crippen LogP contribution in [0, 0.1) is 0 Å². The molecule has 1 aliphatic heterocycles. The van der Waals surface area contributed by atoms with E-state index in [-0.39, 0.29) is 5.60 Å². The van der Waals surface area contributed by atoms with Crippen molar-refractivity contribution in [1.29, 1.82) is 0 Å². The maximum Gasteiger partial charge on any atom is 0.116 e. The van der Waals surface area contributed by atoms with E-state index < -0.39 is 0 Å². The van der Waals surface area contributed by atoms with Crippen LogP contribution in [0.1, 0.15) is 35.4 Å². The highest BCUT2D eigenvalue weighted by Gasteiger charge is 2.35.